The molecule has 2 nitrogen and oxygen atoms in total. The van der Waals surface area contributed by atoms with Crippen molar-refractivity contribution < 1.29 is 0 Å². The fourth-order valence-corrected chi connectivity index (χ4v) is 0.889. The lowest BCUT2D eigenvalue weighted by molar-refractivity contribution is 0.564. The second-order valence-electron chi connectivity index (χ2n) is 1.55. The normalized spacial score (nSPS) is 10.5. The first-order chi connectivity index (χ1) is 3.81. The van der Waals surface area contributed by atoms with E-state index < -0.39 is 0 Å². The first-order valence-electron chi connectivity index (χ1n) is 2.99. The van der Waals surface area contributed by atoms with E-state index in [2.05, 4.69) is 34.7 Å². The summed E-state index contributed by atoms with van der Waals surface area (Å²) in [6.07, 6.45) is 0. The number of hydrogen-bond acceptors (Lipinski definition) is 2. The van der Waals surface area contributed by atoms with Crippen LogP contribution in [0.4, 0.5) is 0 Å². The molecule has 0 spiro atoms. The minimum Gasteiger partial charge on any atom is -0.306 e. The van der Waals surface area contributed by atoms with E-state index >= 15 is 0 Å². The van der Waals surface area contributed by atoms with Crippen LogP contribution in [0.5, 0.6) is 0 Å². The standard InChI is InChI=1S/C5H13N2Si/c1-3-6-5(8)7-4-2/h5-7H,3-4H2,1-2H3. The molecule has 0 heterocycles. The highest BCUT2D eigenvalue weighted by Crippen LogP contribution is 1.64. The molecular formula is C5H13N2Si. The topological polar surface area (TPSA) is 24.1 Å². The van der Waals surface area contributed by atoms with Crippen molar-refractivity contribution in [3.8, 4) is 0 Å². The largest absolute Gasteiger partial charge is 0.306 e. The fraction of sp³-hybridized carbons (Fsp3) is 1.00. The Hall–Kier alpha value is 0.137. The summed E-state index contributed by atoms with van der Waals surface area (Å²) < 4.78 is 0. The van der Waals surface area contributed by atoms with Crippen molar-refractivity contribution in [1.29, 1.82) is 0 Å². The lowest BCUT2D eigenvalue weighted by Crippen LogP contribution is -2.42. The summed E-state index contributed by atoms with van der Waals surface area (Å²) in [5.41, 5.74) is 0. The molecule has 3 heteroatoms. The zero-order valence-electron chi connectivity index (χ0n) is 5.49. The van der Waals surface area contributed by atoms with Gasteiger partial charge >= 0.3 is 0 Å². The van der Waals surface area contributed by atoms with Crippen molar-refractivity contribution in [3.05, 3.63) is 0 Å². The van der Waals surface area contributed by atoms with Crippen LogP contribution in [0, 0.1) is 0 Å². The summed E-state index contributed by atoms with van der Waals surface area (Å²) in [7, 11) is 3.42. The first-order valence-corrected chi connectivity index (χ1v) is 3.56. The highest BCUT2D eigenvalue weighted by molar-refractivity contribution is 6.11. The Morgan fingerprint density at radius 3 is 1.88 bits per heavy atom. The lowest BCUT2D eigenvalue weighted by Gasteiger charge is -2.11. The predicted octanol–water partition coefficient (Wildman–Crippen LogP) is -0.342. The number of rotatable bonds is 4. The average molecular weight is 129 g/mol. The number of hydrogen-bond donors (Lipinski definition) is 2. The molecule has 0 aromatic carbocycles. The zero-order chi connectivity index (χ0) is 6.41. The van der Waals surface area contributed by atoms with Crippen molar-refractivity contribution in [1.82, 2.24) is 10.6 Å². The van der Waals surface area contributed by atoms with Gasteiger partial charge in [0.25, 0.3) is 0 Å². The molecule has 47 valence electrons. The quantitative estimate of drug-likeness (QED) is 0.401. The maximum absolute atomic E-state index is 3.42. The smallest absolute Gasteiger partial charge is 0.0696 e. The molecule has 0 unspecified atom stereocenters. The maximum Gasteiger partial charge on any atom is 0.0696 e. The van der Waals surface area contributed by atoms with E-state index in [1.165, 1.54) is 0 Å². The minimum atomic E-state index is 0.269. The molecular weight excluding hydrogens is 116 g/mol. The van der Waals surface area contributed by atoms with Crippen LogP contribution in [0.15, 0.2) is 0 Å². The van der Waals surface area contributed by atoms with Gasteiger partial charge in [0.2, 0.25) is 0 Å². The average Bonchev–Trinajstić information content (AvgIpc) is 1.68. The molecule has 0 bridgehead atoms. The van der Waals surface area contributed by atoms with Gasteiger partial charge in [0.05, 0.1) is 10.2 Å². The molecule has 0 saturated heterocycles. The van der Waals surface area contributed by atoms with E-state index in [0.29, 0.717) is 0 Å². The predicted molar refractivity (Wildman–Crippen MR) is 36.9 cm³/mol. The highest BCUT2D eigenvalue weighted by atomic mass is 28.1. The molecule has 0 aliphatic carbocycles. The molecule has 0 aliphatic rings. The van der Waals surface area contributed by atoms with Gasteiger partial charge in [-0.05, 0) is 13.1 Å². The number of nitrogens with one attached hydrogen (secondary N) is 2. The van der Waals surface area contributed by atoms with E-state index in [1.807, 2.05) is 0 Å². The minimum absolute atomic E-state index is 0.269. The Morgan fingerprint density at radius 1 is 1.25 bits per heavy atom. The van der Waals surface area contributed by atoms with Crippen molar-refractivity contribution in [2.75, 3.05) is 13.1 Å². The van der Waals surface area contributed by atoms with Crippen molar-refractivity contribution >= 4 is 10.2 Å². The molecule has 2 N–H and O–H groups in total. The third kappa shape index (κ3) is 4.30. The van der Waals surface area contributed by atoms with E-state index in [-0.39, 0.29) is 5.79 Å². The third-order valence-corrected chi connectivity index (χ3v) is 1.22. The summed E-state index contributed by atoms with van der Waals surface area (Å²) in [5, 5.41) is 6.30. The Labute approximate surface area is 54.5 Å². The summed E-state index contributed by atoms with van der Waals surface area (Å²) in [6, 6.07) is 0. The SMILES string of the molecule is CCNC([Si])NCC. The van der Waals surface area contributed by atoms with Crippen LogP contribution in [0.2, 0.25) is 0 Å². The molecule has 0 aliphatic heterocycles. The Balaban J connectivity index is 2.92. The second kappa shape index (κ2) is 5.28. The van der Waals surface area contributed by atoms with Gasteiger partial charge in [-0.1, -0.05) is 13.8 Å². The van der Waals surface area contributed by atoms with Crippen LogP contribution in [0.3, 0.4) is 0 Å². The molecule has 0 aromatic heterocycles. The summed E-state index contributed by atoms with van der Waals surface area (Å²) in [5.74, 6) is 0.269. The van der Waals surface area contributed by atoms with Crippen LogP contribution in [-0.4, -0.2) is 29.1 Å². The van der Waals surface area contributed by atoms with E-state index in [0.717, 1.165) is 13.1 Å². The van der Waals surface area contributed by atoms with Gasteiger partial charge in [-0.15, -0.1) is 0 Å². The maximum atomic E-state index is 3.42. The molecule has 0 fully saturated rings. The monoisotopic (exact) mass is 129 g/mol. The molecule has 3 radical (unpaired) electrons. The van der Waals surface area contributed by atoms with Gasteiger partial charge in [0, 0.05) is 5.79 Å². The van der Waals surface area contributed by atoms with Gasteiger partial charge < -0.3 is 10.6 Å². The van der Waals surface area contributed by atoms with Gasteiger partial charge in [-0.2, -0.15) is 0 Å². The van der Waals surface area contributed by atoms with Crippen molar-refractivity contribution in [2.45, 2.75) is 19.6 Å². The summed E-state index contributed by atoms with van der Waals surface area (Å²) in [6.45, 7) is 6.12. The molecule has 0 amide bonds. The Morgan fingerprint density at radius 2 is 1.62 bits per heavy atom. The highest BCUT2D eigenvalue weighted by Gasteiger charge is 1.91. The van der Waals surface area contributed by atoms with Crippen molar-refractivity contribution in [2.24, 2.45) is 0 Å². The van der Waals surface area contributed by atoms with E-state index in [9.17, 15) is 0 Å². The summed E-state index contributed by atoms with van der Waals surface area (Å²) in [4.78, 5) is 0. The van der Waals surface area contributed by atoms with Crippen molar-refractivity contribution in [3.63, 3.8) is 0 Å². The Bertz CT molecular complexity index is 43.7. The van der Waals surface area contributed by atoms with E-state index in [1.54, 1.807) is 0 Å². The molecule has 0 atom stereocenters. The van der Waals surface area contributed by atoms with Gasteiger partial charge in [-0.3, -0.25) is 0 Å². The Kier molecular flexibility index (Phi) is 5.37. The fourth-order valence-electron chi connectivity index (χ4n) is 0.480. The van der Waals surface area contributed by atoms with Crippen LogP contribution in [-0.2, 0) is 0 Å². The van der Waals surface area contributed by atoms with Crippen LogP contribution >= 0.6 is 0 Å². The lowest BCUT2D eigenvalue weighted by atomic mass is 10.7. The van der Waals surface area contributed by atoms with E-state index in [4.69, 9.17) is 0 Å². The van der Waals surface area contributed by atoms with Crippen LogP contribution in [0.1, 0.15) is 13.8 Å². The zero-order valence-corrected chi connectivity index (χ0v) is 6.49. The summed E-state index contributed by atoms with van der Waals surface area (Å²) >= 11 is 0. The second-order valence-corrected chi connectivity index (χ2v) is 2.13. The van der Waals surface area contributed by atoms with Gasteiger partial charge in [-0.25, -0.2) is 0 Å². The third-order valence-electron chi connectivity index (χ3n) is 0.816. The van der Waals surface area contributed by atoms with Crippen LogP contribution < -0.4 is 10.6 Å². The first kappa shape index (κ1) is 8.14. The molecule has 8 heavy (non-hydrogen) atoms. The van der Waals surface area contributed by atoms with Crippen LogP contribution in [0.25, 0.3) is 0 Å². The van der Waals surface area contributed by atoms with Gasteiger partial charge in [0.15, 0.2) is 0 Å². The van der Waals surface area contributed by atoms with Gasteiger partial charge in [0.1, 0.15) is 0 Å². The molecule has 0 saturated carbocycles. The molecule has 0 aromatic rings. The molecule has 0 rings (SSSR count).